The number of aromatic nitrogens is 1. The Bertz CT molecular complexity index is 410. The number of pyridine rings is 1. The Morgan fingerprint density at radius 2 is 2.40 bits per heavy atom. The first kappa shape index (κ1) is 9.90. The molecule has 0 aromatic carbocycles. The molecule has 1 aliphatic carbocycles. The van der Waals surface area contributed by atoms with Crippen molar-refractivity contribution in [2.45, 2.75) is 19.3 Å². The van der Waals surface area contributed by atoms with Crippen molar-refractivity contribution in [1.82, 2.24) is 4.98 Å². The third kappa shape index (κ3) is 1.91. The Morgan fingerprint density at radius 3 is 3.07 bits per heavy atom. The lowest BCUT2D eigenvalue weighted by Crippen LogP contribution is -2.07. The molecule has 3 heteroatoms. The molecule has 15 heavy (non-hydrogen) atoms. The van der Waals surface area contributed by atoms with E-state index < -0.39 is 0 Å². The van der Waals surface area contributed by atoms with Gasteiger partial charge >= 0.3 is 5.97 Å². The minimum absolute atomic E-state index is 0.363. The average Bonchev–Trinajstić information content (AvgIpc) is 2.81. The average molecular weight is 203 g/mol. The first-order valence-electron chi connectivity index (χ1n) is 5.05. The molecule has 3 nitrogen and oxygen atoms in total. The van der Waals surface area contributed by atoms with Crippen LogP contribution in [0.4, 0.5) is 0 Å². The van der Waals surface area contributed by atoms with Gasteiger partial charge in [-0.3, -0.25) is 0 Å². The zero-order valence-corrected chi connectivity index (χ0v) is 8.69. The van der Waals surface area contributed by atoms with E-state index in [0.29, 0.717) is 5.69 Å². The van der Waals surface area contributed by atoms with Gasteiger partial charge in [0.15, 0.2) is 5.69 Å². The Morgan fingerprint density at radius 1 is 1.53 bits per heavy atom. The Balaban J connectivity index is 2.41. The number of carbonyl (C=O) groups excluding carboxylic acids is 1. The van der Waals surface area contributed by atoms with Crippen LogP contribution in [0.15, 0.2) is 24.4 Å². The Hall–Kier alpha value is -1.64. The molecule has 0 radical (unpaired) electrons. The summed E-state index contributed by atoms with van der Waals surface area (Å²) in [5.74, 6) is -0.363. The van der Waals surface area contributed by atoms with E-state index in [2.05, 4.69) is 11.1 Å². The first-order chi connectivity index (χ1) is 7.33. The molecule has 0 atom stereocenters. The molecule has 0 N–H and O–H groups in total. The normalized spacial score (nSPS) is 14.9. The van der Waals surface area contributed by atoms with Crippen LogP contribution in [0.25, 0.3) is 5.57 Å². The van der Waals surface area contributed by atoms with Crippen molar-refractivity contribution in [3.8, 4) is 0 Å². The van der Waals surface area contributed by atoms with Gasteiger partial charge in [0.1, 0.15) is 0 Å². The number of methoxy groups -OCH3 is 1. The number of ether oxygens (including phenoxy) is 1. The minimum Gasteiger partial charge on any atom is -0.464 e. The van der Waals surface area contributed by atoms with Crippen LogP contribution in [-0.2, 0) is 4.74 Å². The van der Waals surface area contributed by atoms with Gasteiger partial charge < -0.3 is 4.74 Å². The van der Waals surface area contributed by atoms with E-state index in [0.717, 1.165) is 24.8 Å². The van der Waals surface area contributed by atoms with Crippen LogP contribution in [0.5, 0.6) is 0 Å². The van der Waals surface area contributed by atoms with Crippen molar-refractivity contribution in [3.63, 3.8) is 0 Å². The zero-order valence-electron chi connectivity index (χ0n) is 8.69. The molecule has 0 aliphatic heterocycles. The second-order valence-corrected chi connectivity index (χ2v) is 3.51. The van der Waals surface area contributed by atoms with Gasteiger partial charge in [-0.15, -0.1) is 0 Å². The maximum absolute atomic E-state index is 11.5. The molecule has 0 unspecified atom stereocenters. The van der Waals surface area contributed by atoms with Gasteiger partial charge in [-0.05, 0) is 30.9 Å². The highest BCUT2D eigenvalue weighted by molar-refractivity contribution is 5.93. The Kier molecular flexibility index (Phi) is 2.81. The lowest BCUT2D eigenvalue weighted by Gasteiger charge is -2.06. The van der Waals surface area contributed by atoms with Gasteiger partial charge in [-0.25, -0.2) is 9.78 Å². The van der Waals surface area contributed by atoms with Crippen molar-refractivity contribution in [2.24, 2.45) is 0 Å². The molecule has 0 saturated heterocycles. The van der Waals surface area contributed by atoms with Crippen LogP contribution in [0.2, 0.25) is 0 Å². The van der Waals surface area contributed by atoms with Crippen LogP contribution in [0.3, 0.4) is 0 Å². The number of nitrogens with zero attached hydrogens (tertiary/aromatic N) is 1. The number of rotatable bonds is 2. The topological polar surface area (TPSA) is 39.2 Å². The standard InChI is InChI=1S/C12H13NO2/c1-15-12(14)11-10(7-4-8-13-11)9-5-2-3-6-9/h4-5,7-8H,2-3,6H2,1H3. The van der Waals surface area contributed by atoms with E-state index in [9.17, 15) is 4.79 Å². The molecule has 0 fully saturated rings. The third-order valence-corrected chi connectivity index (χ3v) is 2.57. The van der Waals surface area contributed by atoms with Crippen molar-refractivity contribution in [1.29, 1.82) is 0 Å². The smallest absolute Gasteiger partial charge is 0.357 e. The van der Waals surface area contributed by atoms with Crippen molar-refractivity contribution in [3.05, 3.63) is 35.7 Å². The van der Waals surface area contributed by atoms with Crippen LogP contribution in [-0.4, -0.2) is 18.1 Å². The Labute approximate surface area is 88.8 Å². The van der Waals surface area contributed by atoms with Crippen LogP contribution >= 0.6 is 0 Å². The summed E-state index contributed by atoms with van der Waals surface area (Å²) in [6, 6.07) is 3.78. The van der Waals surface area contributed by atoms with Crippen LogP contribution < -0.4 is 0 Å². The van der Waals surface area contributed by atoms with E-state index >= 15 is 0 Å². The minimum atomic E-state index is -0.363. The van der Waals surface area contributed by atoms with E-state index in [1.165, 1.54) is 12.7 Å². The largest absolute Gasteiger partial charge is 0.464 e. The molecular formula is C12H13NO2. The highest BCUT2D eigenvalue weighted by Gasteiger charge is 2.17. The van der Waals surface area contributed by atoms with Gasteiger partial charge in [-0.1, -0.05) is 12.1 Å². The molecule has 0 saturated carbocycles. The van der Waals surface area contributed by atoms with E-state index in [4.69, 9.17) is 4.74 Å². The fourth-order valence-electron chi connectivity index (χ4n) is 1.84. The van der Waals surface area contributed by atoms with Gasteiger partial charge in [-0.2, -0.15) is 0 Å². The van der Waals surface area contributed by atoms with E-state index in [-0.39, 0.29) is 5.97 Å². The molecule has 1 aromatic rings. The van der Waals surface area contributed by atoms with Crippen molar-refractivity contribution >= 4 is 11.5 Å². The fourth-order valence-corrected chi connectivity index (χ4v) is 1.84. The van der Waals surface area contributed by atoms with Gasteiger partial charge in [0, 0.05) is 11.8 Å². The molecule has 78 valence electrons. The maximum Gasteiger partial charge on any atom is 0.357 e. The molecule has 0 spiro atoms. The molecule has 2 rings (SSSR count). The lowest BCUT2D eigenvalue weighted by atomic mass is 10.0. The quantitative estimate of drug-likeness (QED) is 0.693. The van der Waals surface area contributed by atoms with E-state index in [1.54, 1.807) is 6.20 Å². The van der Waals surface area contributed by atoms with Crippen molar-refractivity contribution in [2.75, 3.05) is 7.11 Å². The second kappa shape index (κ2) is 4.26. The lowest BCUT2D eigenvalue weighted by molar-refractivity contribution is 0.0593. The monoisotopic (exact) mass is 203 g/mol. The summed E-state index contributed by atoms with van der Waals surface area (Å²) in [5, 5.41) is 0. The predicted octanol–water partition coefficient (Wildman–Crippen LogP) is 2.44. The van der Waals surface area contributed by atoms with Crippen LogP contribution in [0.1, 0.15) is 35.3 Å². The summed E-state index contributed by atoms with van der Waals surface area (Å²) < 4.78 is 4.71. The number of hydrogen-bond donors (Lipinski definition) is 0. The highest BCUT2D eigenvalue weighted by atomic mass is 16.5. The van der Waals surface area contributed by atoms with Crippen LogP contribution in [0, 0.1) is 0 Å². The molecule has 0 bridgehead atoms. The van der Waals surface area contributed by atoms with Gasteiger partial charge in [0.25, 0.3) is 0 Å². The second-order valence-electron chi connectivity index (χ2n) is 3.51. The number of carbonyl (C=O) groups is 1. The third-order valence-electron chi connectivity index (χ3n) is 2.57. The SMILES string of the molecule is COC(=O)c1ncccc1C1=CCCC1. The molecule has 1 heterocycles. The maximum atomic E-state index is 11.5. The number of allylic oxidation sites excluding steroid dienone is 2. The summed E-state index contributed by atoms with van der Waals surface area (Å²) in [6.07, 6.45) is 7.06. The molecule has 1 aliphatic rings. The summed E-state index contributed by atoms with van der Waals surface area (Å²) >= 11 is 0. The van der Waals surface area contributed by atoms with E-state index in [1.807, 2.05) is 12.1 Å². The summed E-state index contributed by atoms with van der Waals surface area (Å²) in [4.78, 5) is 15.6. The van der Waals surface area contributed by atoms with Crippen molar-refractivity contribution < 1.29 is 9.53 Å². The number of hydrogen-bond acceptors (Lipinski definition) is 3. The number of esters is 1. The van der Waals surface area contributed by atoms with Gasteiger partial charge in [0.2, 0.25) is 0 Å². The molecular weight excluding hydrogens is 190 g/mol. The zero-order chi connectivity index (χ0) is 10.7. The van der Waals surface area contributed by atoms with Gasteiger partial charge in [0.05, 0.1) is 7.11 Å². The summed E-state index contributed by atoms with van der Waals surface area (Å²) in [5.41, 5.74) is 2.55. The fraction of sp³-hybridized carbons (Fsp3) is 0.333. The highest BCUT2D eigenvalue weighted by Crippen LogP contribution is 2.29. The predicted molar refractivity (Wildman–Crippen MR) is 57.4 cm³/mol. The molecule has 1 aromatic heterocycles. The summed E-state index contributed by atoms with van der Waals surface area (Å²) in [6.45, 7) is 0. The summed E-state index contributed by atoms with van der Waals surface area (Å²) in [7, 11) is 1.38. The first-order valence-corrected chi connectivity index (χ1v) is 5.05. The molecule has 0 amide bonds.